The minimum absolute atomic E-state index is 0.0602. The van der Waals surface area contributed by atoms with E-state index in [1.165, 1.54) is 12.1 Å². The van der Waals surface area contributed by atoms with Gasteiger partial charge < -0.3 is 19.5 Å². The monoisotopic (exact) mass is 372 g/mol. The van der Waals surface area contributed by atoms with Gasteiger partial charge in [-0.2, -0.15) is 0 Å². The molecular formula is C19H20N2O6. The number of nitrogens with one attached hydrogen (secondary N) is 1. The minimum atomic E-state index is -0.544. The number of rotatable bonds is 7. The molecule has 0 aromatic heterocycles. The summed E-state index contributed by atoms with van der Waals surface area (Å²) in [6, 6.07) is 11.3. The average Bonchev–Trinajstić information content (AvgIpc) is 2.70. The molecule has 0 unspecified atom stereocenters. The Morgan fingerprint density at radius 3 is 2.70 bits per heavy atom. The van der Waals surface area contributed by atoms with Gasteiger partial charge in [0.2, 0.25) is 0 Å². The lowest BCUT2D eigenvalue weighted by Gasteiger charge is -2.22. The summed E-state index contributed by atoms with van der Waals surface area (Å²) in [4.78, 5) is 22.7. The fourth-order valence-corrected chi connectivity index (χ4v) is 2.81. The molecule has 27 heavy (non-hydrogen) atoms. The first-order valence-corrected chi connectivity index (χ1v) is 8.63. The van der Waals surface area contributed by atoms with E-state index in [2.05, 4.69) is 5.32 Å². The van der Waals surface area contributed by atoms with Gasteiger partial charge >= 0.3 is 5.69 Å². The Labute approximate surface area is 156 Å². The number of hydrogen-bond acceptors (Lipinski definition) is 6. The molecule has 0 spiro atoms. The van der Waals surface area contributed by atoms with Crippen molar-refractivity contribution < 1.29 is 23.9 Å². The van der Waals surface area contributed by atoms with Crippen molar-refractivity contribution in [3.05, 3.63) is 58.1 Å². The van der Waals surface area contributed by atoms with Crippen molar-refractivity contribution >= 4 is 11.6 Å². The van der Waals surface area contributed by atoms with Crippen LogP contribution in [-0.4, -0.2) is 30.7 Å². The molecule has 2 aromatic carbocycles. The molecule has 0 aliphatic carbocycles. The third-order valence-corrected chi connectivity index (χ3v) is 4.13. The molecule has 1 N–H and O–H groups in total. The Morgan fingerprint density at radius 1 is 1.22 bits per heavy atom. The van der Waals surface area contributed by atoms with Crippen molar-refractivity contribution in [3.63, 3.8) is 0 Å². The van der Waals surface area contributed by atoms with Crippen LogP contribution < -0.4 is 19.5 Å². The molecule has 0 saturated carbocycles. The highest BCUT2D eigenvalue weighted by Crippen LogP contribution is 2.33. The molecule has 1 aliphatic heterocycles. The van der Waals surface area contributed by atoms with Crippen molar-refractivity contribution in [2.45, 2.75) is 19.4 Å². The number of hydrogen-bond donors (Lipinski definition) is 1. The molecule has 0 bridgehead atoms. The van der Waals surface area contributed by atoms with Gasteiger partial charge in [-0.1, -0.05) is 25.1 Å². The number of fused-ring (bicyclic) bond motifs is 1. The van der Waals surface area contributed by atoms with Gasteiger partial charge in [-0.3, -0.25) is 14.9 Å². The van der Waals surface area contributed by atoms with Crippen LogP contribution in [0, 0.1) is 10.1 Å². The summed E-state index contributed by atoms with van der Waals surface area (Å²) in [7, 11) is 0. The van der Waals surface area contributed by atoms with Crippen LogP contribution in [0.15, 0.2) is 42.5 Å². The Hall–Kier alpha value is -3.29. The predicted molar refractivity (Wildman–Crippen MR) is 97.2 cm³/mol. The molecule has 8 nitrogen and oxygen atoms in total. The first-order valence-electron chi connectivity index (χ1n) is 8.63. The van der Waals surface area contributed by atoms with Gasteiger partial charge in [-0.15, -0.1) is 0 Å². The van der Waals surface area contributed by atoms with Crippen molar-refractivity contribution in [1.82, 2.24) is 5.32 Å². The van der Waals surface area contributed by atoms with Crippen LogP contribution >= 0.6 is 0 Å². The van der Waals surface area contributed by atoms with Gasteiger partial charge in [0.05, 0.1) is 11.0 Å². The van der Waals surface area contributed by atoms with Crippen molar-refractivity contribution in [1.29, 1.82) is 0 Å². The topological polar surface area (TPSA) is 99.9 Å². The zero-order valence-corrected chi connectivity index (χ0v) is 14.8. The number of ether oxygens (including phenoxy) is 3. The van der Waals surface area contributed by atoms with E-state index in [0.717, 1.165) is 5.56 Å². The summed E-state index contributed by atoms with van der Waals surface area (Å²) in [5.74, 6) is 1.04. The molecule has 0 fully saturated rings. The first kappa shape index (κ1) is 18.5. The second-order valence-electron chi connectivity index (χ2n) is 5.94. The number of carbonyl (C=O) groups is 1. The van der Waals surface area contributed by atoms with Crippen LogP contribution in [0.2, 0.25) is 0 Å². The second kappa shape index (κ2) is 8.39. The summed E-state index contributed by atoms with van der Waals surface area (Å²) in [6.45, 7) is 2.64. The Balaban J connectivity index is 1.63. The summed E-state index contributed by atoms with van der Waals surface area (Å²) in [6.07, 6.45) is 0.664. The maximum absolute atomic E-state index is 12.3. The quantitative estimate of drug-likeness (QED) is 0.592. The summed E-state index contributed by atoms with van der Waals surface area (Å²) in [5.41, 5.74) is 0.713. The molecule has 3 rings (SSSR count). The van der Waals surface area contributed by atoms with E-state index >= 15 is 0 Å². The third kappa shape index (κ3) is 4.46. The van der Waals surface area contributed by atoms with E-state index < -0.39 is 4.92 Å². The van der Waals surface area contributed by atoms with E-state index in [1.807, 2.05) is 25.1 Å². The molecule has 2 aromatic rings. The van der Waals surface area contributed by atoms with Crippen LogP contribution in [0.3, 0.4) is 0 Å². The van der Waals surface area contributed by atoms with Crippen LogP contribution in [0.5, 0.6) is 17.2 Å². The highest BCUT2D eigenvalue weighted by molar-refractivity contribution is 5.78. The number of nitro groups is 1. The highest BCUT2D eigenvalue weighted by Gasteiger charge is 2.19. The number of carbonyl (C=O) groups excluding carboxylic acids is 1. The molecule has 8 heteroatoms. The first-order chi connectivity index (χ1) is 13.1. The summed E-state index contributed by atoms with van der Waals surface area (Å²) in [5, 5.41) is 13.9. The van der Waals surface area contributed by atoms with Crippen LogP contribution in [0.1, 0.15) is 24.9 Å². The number of nitrogens with zero attached hydrogens (tertiary/aromatic N) is 1. The molecule has 1 heterocycles. The van der Waals surface area contributed by atoms with Gasteiger partial charge in [0.15, 0.2) is 23.9 Å². The van der Waals surface area contributed by atoms with Crippen LogP contribution in [0.4, 0.5) is 5.69 Å². The maximum Gasteiger partial charge on any atom is 0.310 e. The highest BCUT2D eigenvalue weighted by atomic mass is 16.6. The minimum Gasteiger partial charge on any atom is -0.486 e. The maximum atomic E-state index is 12.3. The van der Waals surface area contributed by atoms with E-state index in [9.17, 15) is 14.9 Å². The summed E-state index contributed by atoms with van der Waals surface area (Å²) < 4.78 is 16.4. The number of nitro benzene ring substituents is 1. The smallest absolute Gasteiger partial charge is 0.310 e. The van der Waals surface area contributed by atoms with Crippen molar-refractivity contribution in [2.75, 3.05) is 19.8 Å². The molecule has 0 saturated heterocycles. The number of benzene rings is 2. The largest absolute Gasteiger partial charge is 0.486 e. The fraction of sp³-hybridized carbons (Fsp3) is 0.316. The molecule has 1 amide bonds. The lowest BCUT2D eigenvalue weighted by atomic mass is 10.0. The van der Waals surface area contributed by atoms with Gasteiger partial charge in [-0.25, -0.2) is 0 Å². The third-order valence-electron chi connectivity index (χ3n) is 4.13. The molecule has 0 radical (unpaired) electrons. The van der Waals surface area contributed by atoms with Gasteiger partial charge in [-0.05, 0) is 30.2 Å². The van der Waals surface area contributed by atoms with Crippen LogP contribution in [0.25, 0.3) is 0 Å². The normalized spacial score (nSPS) is 13.5. The molecule has 142 valence electrons. The zero-order valence-electron chi connectivity index (χ0n) is 14.8. The van der Waals surface area contributed by atoms with E-state index in [0.29, 0.717) is 31.1 Å². The summed E-state index contributed by atoms with van der Waals surface area (Å²) >= 11 is 0. The Bertz CT molecular complexity index is 839. The lowest BCUT2D eigenvalue weighted by molar-refractivity contribution is -0.385. The van der Waals surface area contributed by atoms with Crippen molar-refractivity contribution in [3.8, 4) is 17.2 Å². The number of para-hydroxylation sites is 2. The van der Waals surface area contributed by atoms with E-state index in [-0.39, 0.29) is 30.0 Å². The van der Waals surface area contributed by atoms with E-state index in [1.54, 1.807) is 12.1 Å². The van der Waals surface area contributed by atoms with Gasteiger partial charge in [0.1, 0.15) is 13.2 Å². The molecule has 1 aliphatic rings. The Kier molecular flexibility index (Phi) is 5.75. The standard InChI is InChI=1S/C19H20N2O6/c1-2-14(13-7-8-17-18(11-13)26-10-9-25-17)20-19(22)12-27-16-6-4-3-5-15(16)21(23)24/h3-8,11,14H,2,9-10,12H2,1H3,(H,20,22)/t14-/m0/s1. The fourth-order valence-electron chi connectivity index (χ4n) is 2.81. The average molecular weight is 372 g/mol. The van der Waals surface area contributed by atoms with E-state index in [4.69, 9.17) is 14.2 Å². The Morgan fingerprint density at radius 2 is 1.96 bits per heavy atom. The van der Waals surface area contributed by atoms with Gasteiger partial charge in [0.25, 0.3) is 5.91 Å². The molecule has 1 atom stereocenters. The second-order valence-corrected chi connectivity index (χ2v) is 5.94. The SMILES string of the molecule is CC[C@H](NC(=O)COc1ccccc1[N+](=O)[O-])c1ccc2c(c1)OCCO2. The lowest BCUT2D eigenvalue weighted by Crippen LogP contribution is -2.32. The van der Waals surface area contributed by atoms with Crippen molar-refractivity contribution in [2.24, 2.45) is 0 Å². The zero-order chi connectivity index (χ0) is 19.2. The predicted octanol–water partition coefficient (Wildman–Crippen LogP) is 3.01. The number of amides is 1. The van der Waals surface area contributed by atoms with Gasteiger partial charge in [0, 0.05) is 6.07 Å². The molecular weight excluding hydrogens is 352 g/mol. The van der Waals surface area contributed by atoms with Crippen LogP contribution in [-0.2, 0) is 4.79 Å².